The lowest BCUT2D eigenvalue weighted by atomic mass is 10.2. The van der Waals surface area contributed by atoms with E-state index in [-0.39, 0.29) is 0 Å². The molecule has 1 aromatic carbocycles. The van der Waals surface area contributed by atoms with Gasteiger partial charge in [0, 0.05) is 4.90 Å². The molecule has 0 atom stereocenters. The fraction of sp³-hybridized carbons (Fsp3) is 0.214. The summed E-state index contributed by atoms with van der Waals surface area (Å²) in [5.74, 6) is 0.951. The van der Waals surface area contributed by atoms with E-state index >= 15 is 0 Å². The van der Waals surface area contributed by atoms with Crippen LogP contribution in [0.1, 0.15) is 12.5 Å². The van der Waals surface area contributed by atoms with Gasteiger partial charge in [0.25, 0.3) is 0 Å². The predicted molar refractivity (Wildman–Crippen MR) is 84.3 cm³/mol. The van der Waals surface area contributed by atoms with Crippen LogP contribution < -0.4 is 0 Å². The van der Waals surface area contributed by atoms with Crippen molar-refractivity contribution < 1.29 is 13.2 Å². The molecular formula is C14H10F3NS3. The Kier molecular flexibility index (Phi) is 3.98. The second-order valence-corrected chi connectivity index (χ2v) is 7.50. The number of alkyl halides is 3. The smallest absolute Gasteiger partial charge is 0.235 e. The zero-order chi connectivity index (χ0) is 15.0. The Hall–Kier alpha value is -1.05. The minimum absolute atomic E-state index is 0.408. The second kappa shape index (κ2) is 5.62. The fourth-order valence-electron chi connectivity index (χ4n) is 1.92. The third-order valence-electron chi connectivity index (χ3n) is 2.84. The molecule has 21 heavy (non-hydrogen) atoms. The Morgan fingerprint density at radius 2 is 2.05 bits per heavy atom. The van der Waals surface area contributed by atoms with Crippen LogP contribution in [0.25, 0.3) is 20.1 Å². The first-order valence-corrected chi connectivity index (χ1v) is 8.85. The van der Waals surface area contributed by atoms with E-state index in [9.17, 15) is 13.2 Å². The van der Waals surface area contributed by atoms with Crippen molar-refractivity contribution in [2.45, 2.75) is 18.0 Å². The lowest BCUT2D eigenvalue weighted by Gasteiger charge is -2.04. The van der Waals surface area contributed by atoms with Crippen LogP contribution in [-0.4, -0.2) is 10.7 Å². The van der Waals surface area contributed by atoms with E-state index in [4.69, 9.17) is 0 Å². The lowest BCUT2D eigenvalue weighted by Crippen LogP contribution is -2.03. The maximum atomic E-state index is 12.7. The van der Waals surface area contributed by atoms with Crippen molar-refractivity contribution >= 4 is 44.7 Å². The Bertz CT molecular complexity index is 773. The molecule has 0 saturated carbocycles. The van der Waals surface area contributed by atoms with Crippen molar-refractivity contribution in [3.63, 3.8) is 0 Å². The van der Waals surface area contributed by atoms with Gasteiger partial charge >= 0.3 is 6.18 Å². The lowest BCUT2D eigenvalue weighted by molar-refractivity contribution is -0.137. The van der Waals surface area contributed by atoms with E-state index in [0.717, 1.165) is 37.4 Å². The number of hydrogen-bond donors (Lipinski definition) is 0. The first-order valence-electron chi connectivity index (χ1n) is 6.17. The molecule has 0 amide bonds. The van der Waals surface area contributed by atoms with E-state index in [2.05, 4.69) is 11.9 Å². The Morgan fingerprint density at radius 3 is 2.76 bits per heavy atom. The molecule has 0 fully saturated rings. The van der Waals surface area contributed by atoms with Crippen LogP contribution in [-0.2, 0) is 6.18 Å². The molecule has 2 heterocycles. The first kappa shape index (κ1) is 14.9. The highest BCUT2D eigenvalue weighted by Gasteiger charge is 2.30. The normalized spacial score (nSPS) is 12.2. The van der Waals surface area contributed by atoms with Gasteiger partial charge in [-0.25, -0.2) is 4.98 Å². The topological polar surface area (TPSA) is 12.9 Å². The summed E-state index contributed by atoms with van der Waals surface area (Å²) >= 11 is 4.72. The van der Waals surface area contributed by atoms with Crippen LogP contribution in [0.3, 0.4) is 0 Å². The van der Waals surface area contributed by atoms with E-state index in [1.54, 1.807) is 23.1 Å². The van der Waals surface area contributed by atoms with Gasteiger partial charge in [-0.15, -0.1) is 34.4 Å². The fourth-order valence-corrected chi connectivity index (χ4v) is 4.94. The monoisotopic (exact) mass is 345 g/mol. The Labute approximate surface area is 131 Å². The number of hydrogen-bond acceptors (Lipinski definition) is 4. The molecule has 2 aromatic heterocycles. The van der Waals surface area contributed by atoms with Crippen LogP contribution in [0.15, 0.2) is 34.5 Å². The van der Waals surface area contributed by atoms with Gasteiger partial charge in [0.05, 0.1) is 20.7 Å². The number of halogens is 3. The highest BCUT2D eigenvalue weighted by molar-refractivity contribution is 7.99. The number of thiophene rings is 1. The van der Waals surface area contributed by atoms with Crippen LogP contribution >= 0.6 is 34.4 Å². The Morgan fingerprint density at radius 1 is 1.24 bits per heavy atom. The molecule has 7 heteroatoms. The summed E-state index contributed by atoms with van der Waals surface area (Å²) in [4.78, 5) is 6.56. The van der Waals surface area contributed by atoms with Crippen molar-refractivity contribution in [1.29, 1.82) is 0 Å². The Balaban J connectivity index is 2.07. The maximum Gasteiger partial charge on any atom is 0.416 e. The van der Waals surface area contributed by atoms with Crippen molar-refractivity contribution in [1.82, 2.24) is 4.98 Å². The average molecular weight is 345 g/mol. The van der Waals surface area contributed by atoms with E-state index in [1.807, 2.05) is 11.4 Å². The van der Waals surface area contributed by atoms with Crippen LogP contribution in [0.4, 0.5) is 13.2 Å². The zero-order valence-electron chi connectivity index (χ0n) is 10.9. The SMILES string of the molecule is CCSc1ccsc1-c1nc2cc(C(F)(F)F)ccc2s1. The van der Waals surface area contributed by atoms with E-state index in [1.165, 1.54) is 17.4 Å². The van der Waals surface area contributed by atoms with Gasteiger partial charge in [-0.1, -0.05) is 6.92 Å². The molecule has 1 nitrogen and oxygen atoms in total. The van der Waals surface area contributed by atoms with E-state index in [0.29, 0.717) is 5.52 Å². The summed E-state index contributed by atoms with van der Waals surface area (Å²) < 4.78 is 39.0. The van der Waals surface area contributed by atoms with Crippen LogP contribution in [0.5, 0.6) is 0 Å². The maximum absolute atomic E-state index is 12.7. The quantitative estimate of drug-likeness (QED) is 0.528. The molecule has 0 radical (unpaired) electrons. The van der Waals surface area contributed by atoms with Gasteiger partial charge in [0.2, 0.25) is 0 Å². The molecule has 110 valence electrons. The molecule has 3 aromatic rings. The minimum atomic E-state index is -4.33. The van der Waals surface area contributed by atoms with Crippen molar-refractivity contribution in [2.24, 2.45) is 0 Å². The van der Waals surface area contributed by atoms with Crippen LogP contribution in [0.2, 0.25) is 0 Å². The van der Waals surface area contributed by atoms with Crippen LogP contribution in [0, 0.1) is 0 Å². The molecule has 3 rings (SSSR count). The highest BCUT2D eigenvalue weighted by atomic mass is 32.2. The number of fused-ring (bicyclic) bond motifs is 1. The molecule has 0 bridgehead atoms. The predicted octanol–water partition coefficient (Wildman–Crippen LogP) is 6.16. The van der Waals surface area contributed by atoms with Crippen molar-refractivity contribution in [3.05, 3.63) is 35.2 Å². The largest absolute Gasteiger partial charge is 0.416 e. The molecular weight excluding hydrogens is 335 g/mol. The number of nitrogens with zero attached hydrogens (tertiary/aromatic N) is 1. The van der Waals surface area contributed by atoms with Gasteiger partial charge in [0.1, 0.15) is 5.01 Å². The average Bonchev–Trinajstić information content (AvgIpc) is 3.02. The summed E-state index contributed by atoms with van der Waals surface area (Å²) in [6.07, 6.45) is -4.33. The second-order valence-electron chi connectivity index (χ2n) is 4.25. The summed E-state index contributed by atoms with van der Waals surface area (Å²) in [6.45, 7) is 2.07. The third-order valence-corrected chi connectivity index (χ3v) is 6.01. The summed E-state index contributed by atoms with van der Waals surface area (Å²) in [7, 11) is 0. The standard InChI is InChI=1S/C14H10F3NS3/c1-2-19-11-5-6-20-12(11)13-18-9-7-8(14(15,16)17)3-4-10(9)21-13/h3-7H,2H2,1H3. The van der Waals surface area contributed by atoms with Gasteiger partial charge < -0.3 is 0 Å². The van der Waals surface area contributed by atoms with Gasteiger partial charge in [-0.05, 0) is 35.4 Å². The number of rotatable bonds is 3. The number of benzene rings is 1. The molecule has 0 aliphatic carbocycles. The molecule has 0 N–H and O–H groups in total. The summed E-state index contributed by atoms with van der Waals surface area (Å²) in [5, 5.41) is 2.77. The highest BCUT2D eigenvalue weighted by Crippen LogP contribution is 2.41. The van der Waals surface area contributed by atoms with Gasteiger partial charge in [0.15, 0.2) is 0 Å². The molecule has 0 spiro atoms. The van der Waals surface area contributed by atoms with Gasteiger partial charge in [-0.3, -0.25) is 0 Å². The molecule has 0 saturated heterocycles. The zero-order valence-corrected chi connectivity index (χ0v) is 13.3. The molecule has 0 unspecified atom stereocenters. The number of aromatic nitrogens is 1. The first-order chi connectivity index (χ1) is 9.99. The van der Waals surface area contributed by atoms with Gasteiger partial charge in [-0.2, -0.15) is 13.2 Å². The number of thioether (sulfide) groups is 1. The minimum Gasteiger partial charge on any atom is -0.235 e. The molecule has 0 aliphatic heterocycles. The summed E-state index contributed by atoms with van der Waals surface area (Å²) in [6, 6.07) is 5.76. The molecule has 0 aliphatic rings. The summed E-state index contributed by atoms with van der Waals surface area (Å²) in [5.41, 5.74) is -0.244. The van der Waals surface area contributed by atoms with Crippen molar-refractivity contribution in [3.8, 4) is 9.88 Å². The number of thiazole rings is 1. The van der Waals surface area contributed by atoms with E-state index < -0.39 is 11.7 Å². The van der Waals surface area contributed by atoms with Crippen molar-refractivity contribution in [2.75, 3.05) is 5.75 Å². The third kappa shape index (κ3) is 2.95.